The van der Waals surface area contributed by atoms with Crippen molar-refractivity contribution in [3.05, 3.63) is 88.1 Å². The number of pyridine rings is 1. The number of anilines is 1. The third-order valence-corrected chi connectivity index (χ3v) is 5.68. The van der Waals surface area contributed by atoms with E-state index < -0.39 is 35.2 Å². The highest BCUT2D eigenvalue weighted by atomic mass is 19.4. The molecule has 0 aliphatic carbocycles. The Labute approximate surface area is 207 Å². The molecule has 2 aromatic heterocycles. The van der Waals surface area contributed by atoms with Crippen molar-refractivity contribution in [2.45, 2.75) is 26.6 Å². The summed E-state index contributed by atoms with van der Waals surface area (Å²) in [6.07, 6.45) is -4.90. The number of primary amides is 1. The van der Waals surface area contributed by atoms with Gasteiger partial charge in [-0.3, -0.25) is 19.1 Å². The Bertz CT molecular complexity index is 1560. The van der Waals surface area contributed by atoms with E-state index in [1.54, 1.807) is 24.3 Å². The molecule has 190 valence electrons. The molecule has 0 saturated carbocycles. The molecule has 37 heavy (non-hydrogen) atoms. The first-order chi connectivity index (χ1) is 17.3. The minimum atomic E-state index is -4.90. The molecule has 3 N–H and O–H groups in total. The van der Waals surface area contributed by atoms with Crippen molar-refractivity contribution in [3.8, 4) is 0 Å². The number of fused-ring (bicyclic) bond motifs is 1. The molecule has 4 rings (SSSR count). The smallest absolute Gasteiger partial charge is 0.364 e. The number of amides is 2. The van der Waals surface area contributed by atoms with Crippen molar-refractivity contribution in [3.63, 3.8) is 0 Å². The summed E-state index contributed by atoms with van der Waals surface area (Å²) < 4.78 is 56.4. The predicted octanol–water partition coefficient (Wildman–Crippen LogP) is 4.50. The van der Waals surface area contributed by atoms with Gasteiger partial charge in [-0.2, -0.15) is 18.3 Å². The van der Waals surface area contributed by atoms with Crippen LogP contribution in [0.2, 0.25) is 0 Å². The number of aromatic nitrogens is 3. The fraction of sp³-hybridized carbons (Fsp3) is 0.160. The second-order valence-electron chi connectivity index (χ2n) is 8.25. The van der Waals surface area contributed by atoms with Crippen LogP contribution in [0.25, 0.3) is 10.9 Å². The second-order valence-corrected chi connectivity index (χ2v) is 8.25. The largest absolute Gasteiger partial charge is 0.437 e. The lowest BCUT2D eigenvalue weighted by Gasteiger charge is -2.12. The van der Waals surface area contributed by atoms with Crippen molar-refractivity contribution >= 4 is 34.2 Å². The molecule has 8 nitrogen and oxygen atoms in total. The molecule has 0 bridgehead atoms. The van der Waals surface area contributed by atoms with Crippen molar-refractivity contribution < 1.29 is 31.9 Å². The van der Waals surface area contributed by atoms with Crippen LogP contribution in [0.1, 0.15) is 55.1 Å². The zero-order chi connectivity index (χ0) is 27.1. The van der Waals surface area contributed by atoms with Crippen LogP contribution in [0.5, 0.6) is 0 Å². The van der Waals surface area contributed by atoms with Crippen LogP contribution in [0, 0.1) is 12.7 Å². The maximum atomic E-state index is 13.9. The third kappa shape index (κ3) is 5.17. The predicted molar refractivity (Wildman–Crippen MR) is 126 cm³/mol. The fourth-order valence-corrected chi connectivity index (χ4v) is 3.76. The van der Waals surface area contributed by atoms with Gasteiger partial charge in [0.25, 0.3) is 11.8 Å². The number of Topliss-reactive ketones (excluding diaryl/α,β-unsaturated/α-hetero) is 1. The summed E-state index contributed by atoms with van der Waals surface area (Å²) in [4.78, 5) is 40.2. The normalized spacial score (nSPS) is 11.5. The number of ketones is 1. The Hall–Kier alpha value is -4.61. The summed E-state index contributed by atoms with van der Waals surface area (Å²) >= 11 is 0. The standard InChI is InChI=1S/C25H19F4N5O3/c1-12-21(22(25(27,28)29)33-34(12)11-14-3-5-15(6-4-14)13(2)35)32-24(37)18-10-20(23(30)36)31-19-9-16(26)7-8-17(18)19/h3-10H,11H2,1-2H3,(H2,30,36)(H,32,37). The summed E-state index contributed by atoms with van der Waals surface area (Å²) in [5.41, 5.74) is 3.75. The number of halogens is 4. The van der Waals surface area contributed by atoms with Gasteiger partial charge < -0.3 is 11.1 Å². The van der Waals surface area contributed by atoms with Crippen LogP contribution in [0.4, 0.5) is 23.2 Å². The molecule has 2 amide bonds. The number of hydrogen-bond donors (Lipinski definition) is 2. The number of carbonyl (C=O) groups excluding carboxylic acids is 3. The molecule has 0 aliphatic heterocycles. The molecule has 0 saturated heterocycles. The monoisotopic (exact) mass is 513 g/mol. The van der Waals surface area contributed by atoms with Crippen molar-refractivity contribution in [2.75, 3.05) is 5.32 Å². The summed E-state index contributed by atoms with van der Waals surface area (Å²) in [6.45, 7) is 2.69. The van der Waals surface area contributed by atoms with E-state index in [1.807, 2.05) is 0 Å². The Morgan fingerprint density at radius 2 is 1.73 bits per heavy atom. The molecular weight excluding hydrogens is 494 g/mol. The van der Waals surface area contributed by atoms with Gasteiger partial charge in [0.2, 0.25) is 0 Å². The molecule has 0 radical (unpaired) electrons. The average Bonchev–Trinajstić information content (AvgIpc) is 3.13. The number of carbonyl (C=O) groups is 3. The van der Waals surface area contributed by atoms with Gasteiger partial charge in [0.05, 0.1) is 29.0 Å². The first-order valence-corrected chi connectivity index (χ1v) is 10.8. The number of nitrogens with one attached hydrogen (secondary N) is 1. The first kappa shape index (κ1) is 25.5. The highest BCUT2D eigenvalue weighted by Gasteiger charge is 2.39. The zero-order valence-electron chi connectivity index (χ0n) is 19.5. The minimum Gasteiger partial charge on any atom is -0.364 e. The molecule has 0 fully saturated rings. The van der Waals surface area contributed by atoms with Gasteiger partial charge in [-0.1, -0.05) is 24.3 Å². The number of nitrogens with two attached hydrogens (primary N) is 1. The molecule has 2 heterocycles. The van der Waals surface area contributed by atoms with Crippen molar-refractivity contribution in [1.82, 2.24) is 14.8 Å². The summed E-state index contributed by atoms with van der Waals surface area (Å²) in [5, 5.41) is 6.02. The zero-order valence-corrected chi connectivity index (χ0v) is 19.5. The number of rotatable bonds is 6. The lowest BCUT2D eigenvalue weighted by Crippen LogP contribution is -2.19. The van der Waals surface area contributed by atoms with E-state index in [4.69, 9.17) is 5.73 Å². The van der Waals surface area contributed by atoms with Gasteiger partial charge >= 0.3 is 6.18 Å². The lowest BCUT2D eigenvalue weighted by molar-refractivity contribution is -0.140. The van der Waals surface area contributed by atoms with Gasteiger partial charge in [0.1, 0.15) is 11.5 Å². The summed E-state index contributed by atoms with van der Waals surface area (Å²) in [5.74, 6) is -2.85. The topological polar surface area (TPSA) is 120 Å². The van der Waals surface area contributed by atoms with E-state index in [-0.39, 0.29) is 40.2 Å². The van der Waals surface area contributed by atoms with Gasteiger partial charge in [-0.05, 0) is 37.6 Å². The van der Waals surface area contributed by atoms with Crippen LogP contribution in [0.3, 0.4) is 0 Å². The highest BCUT2D eigenvalue weighted by molar-refractivity contribution is 6.14. The van der Waals surface area contributed by atoms with Crippen LogP contribution in [-0.4, -0.2) is 32.4 Å². The number of hydrogen-bond acceptors (Lipinski definition) is 5. The van der Waals surface area contributed by atoms with Crippen LogP contribution in [-0.2, 0) is 12.7 Å². The molecule has 0 atom stereocenters. The molecule has 0 spiro atoms. The second kappa shape index (κ2) is 9.45. The SMILES string of the molecule is CC(=O)c1ccc(Cn2nc(C(F)(F)F)c(NC(=O)c3cc(C(N)=O)nc4cc(F)ccc34)c2C)cc1. The van der Waals surface area contributed by atoms with Crippen molar-refractivity contribution in [1.29, 1.82) is 0 Å². The van der Waals surface area contributed by atoms with E-state index in [0.717, 1.165) is 22.9 Å². The lowest BCUT2D eigenvalue weighted by atomic mass is 10.1. The Morgan fingerprint density at radius 3 is 2.32 bits per heavy atom. The van der Waals surface area contributed by atoms with Crippen LogP contribution in [0.15, 0.2) is 48.5 Å². The van der Waals surface area contributed by atoms with E-state index in [9.17, 15) is 31.9 Å². The van der Waals surface area contributed by atoms with Crippen molar-refractivity contribution in [2.24, 2.45) is 5.73 Å². The minimum absolute atomic E-state index is 0.0100. The molecular formula is C25H19F4N5O3. The van der Waals surface area contributed by atoms with Gasteiger partial charge in [0, 0.05) is 17.0 Å². The molecule has 12 heteroatoms. The maximum absolute atomic E-state index is 13.9. The first-order valence-electron chi connectivity index (χ1n) is 10.8. The quantitative estimate of drug-likeness (QED) is 0.291. The molecule has 0 aliphatic rings. The van der Waals surface area contributed by atoms with E-state index >= 15 is 0 Å². The Balaban J connectivity index is 1.75. The summed E-state index contributed by atoms with van der Waals surface area (Å²) in [6, 6.07) is 10.6. The Kier molecular flexibility index (Phi) is 6.51. The fourth-order valence-electron chi connectivity index (χ4n) is 3.76. The highest BCUT2D eigenvalue weighted by Crippen LogP contribution is 2.36. The van der Waals surface area contributed by atoms with Crippen LogP contribution < -0.4 is 11.1 Å². The van der Waals surface area contributed by atoms with Gasteiger partial charge in [-0.25, -0.2) is 9.37 Å². The maximum Gasteiger partial charge on any atom is 0.437 e. The van der Waals surface area contributed by atoms with Crippen LogP contribution >= 0.6 is 0 Å². The Morgan fingerprint density at radius 1 is 1.05 bits per heavy atom. The number of nitrogens with zero attached hydrogens (tertiary/aromatic N) is 3. The van der Waals surface area contributed by atoms with E-state index in [1.165, 1.54) is 19.9 Å². The molecule has 4 aromatic rings. The van der Waals surface area contributed by atoms with E-state index in [2.05, 4.69) is 15.4 Å². The molecule has 0 unspecified atom stereocenters. The average molecular weight is 513 g/mol. The number of alkyl halides is 3. The third-order valence-electron chi connectivity index (χ3n) is 5.68. The van der Waals surface area contributed by atoms with Gasteiger partial charge in [-0.15, -0.1) is 0 Å². The summed E-state index contributed by atoms with van der Waals surface area (Å²) in [7, 11) is 0. The number of benzene rings is 2. The molecule has 2 aromatic carbocycles. The van der Waals surface area contributed by atoms with Gasteiger partial charge in [0.15, 0.2) is 11.5 Å². The van der Waals surface area contributed by atoms with E-state index in [0.29, 0.717) is 11.1 Å².